The lowest BCUT2D eigenvalue weighted by atomic mass is 10.2. The normalized spacial score (nSPS) is 19.7. The van der Waals surface area contributed by atoms with Crippen LogP contribution in [0.2, 0.25) is 0 Å². The highest BCUT2D eigenvalue weighted by Crippen LogP contribution is 2.22. The molecule has 1 aromatic carbocycles. The summed E-state index contributed by atoms with van der Waals surface area (Å²) in [5.74, 6) is 2.54. The molecule has 4 rings (SSSR count). The Hall–Kier alpha value is -2.67. The molecule has 1 amide bonds. The van der Waals surface area contributed by atoms with Crippen LogP contribution in [0.4, 0.5) is 17.3 Å². The molecule has 2 aliphatic heterocycles. The molecule has 1 aromatic heterocycles. The number of piperazine rings is 1. The second-order valence-corrected chi connectivity index (χ2v) is 7.46. The molecule has 2 saturated heterocycles. The molecule has 0 spiro atoms. The highest BCUT2D eigenvalue weighted by Gasteiger charge is 2.30. The van der Waals surface area contributed by atoms with E-state index < -0.39 is 0 Å². The van der Waals surface area contributed by atoms with Crippen LogP contribution in [-0.4, -0.2) is 59.7 Å². The van der Waals surface area contributed by atoms with Gasteiger partial charge in [0.05, 0.1) is 0 Å². The van der Waals surface area contributed by atoms with Gasteiger partial charge in [0, 0.05) is 44.5 Å². The third-order valence-corrected chi connectivity index (χ3v) is 5.27. The van der Waals surface area contributed by atoms with Crippen LogP contribution in [0.3, 0.4) is 0 Å². The maximum Gasteiger partial charge on any atom is 0.251 e. The molecular weight excluding hydrogens is 354 g/mol. The van der Waals surface area contributed by atoms with Crippen molar-refractivity contribution in [3.8, 4) is 0 Å². The van der Waals surface area contributed by atoms with Crippen LogP contribution in [0, 0.1) is 13.8 Å². The highest BCUT2D eigenvalue weighted by atomic mass is 16.5. The number of nitrogens with zero attached hydrogens (tertiary/aromatic N) is 4. The quantitative estimate of drug-likeness (QED) is 0.878. The van der Waals surface area contributed by atoms with E-state index in [4.69, 9.17) is 4.74 Å². The summed E-state index contributed by atoms with van der Waals surface area (Å²) >= 11 is 0. The second-order valence-electron chi connectivity index (χ2n) is 7.46. The van der Waals surface area contributed by atoms with Gasteiger partial charge in [-0.3, -0.25) is 4.79 Å². The van der Waals surface area contributed by atoms with Gasteiger partial charge >= 0.3 is 0 Å². The number of anilines is 3. The van der Waals surface area contributed by atoms with Gasteiger partial charge in [0.25, 0.3) is 5.91 Å². The maximum atomic E-state index is 12.5. The fourth-order valence-electron chi connectivity index (χ4n) is 3.69. The van der Waals surface area contributed by atoms with Crippen molar-refractivity contribution in [1.82, 2.24) is 14.9 Å². The zero-order valence-electron chi connectivity index (χ0n) is 16.5. The van der Waals surface area contributed by atoms with E-state index in [1.807, 2.05) is 30.0 Å². The topological polar surface area (TPSA) is 70.6 Å². The minimum Gasteiger partial charge on any atom is -0.368 e. The van der Waals surface area contributed by atoms with Gasteiger partial charge in [-0.15, -0.1) is 0 Å². The largest absolute Gasteiger partial charge is 0.368 e. The number of hydrogen-bond acceptors (Lipinski definition) is 6. The Bertz CT molecular complexity index is 825. The number of nitrogens with one attached hydrogen (secondary N) is 1. The lowest BCUT2D eigenvalue weighted by molar-refractivity contribution is -0.141. The van der Waals surface area contributed by atoms with Gasteiger partial charge in [-0.2, -0.15) is 0 Å². The van der Waals surface area contributed by atoms with Crippen LogP contribution in [0.15, 0.2) is 30.3 Å². The average molecular weight is 381 g/mol. The fourth-order valence-corrected chi connectivity index (χ4v) is 3.69. The Morgan fingerprint density at radius 1 is 1.11 bits per heavy atom. The van der Waals surface area contributed by atoms with E-state index in [1.165, 1.54) is 5.56 Å². The summed E-state index contributed by atoms with van der Waals surface area (Å²) in [4.78, 5) is 25.8. The summed E-state index contributed by atoms with van der Waals surface area (Å²) in [6.45, 7) is 7.59. The first-order valence-corrected chi connectivity index (χ1v) is 9.93. The van der Waals surface area contributed by atoms with Crippen molar-refractivity contribution < 1.29 is 9.53 Å². The second kappa shape index (κ2) is 8.14. The van der Waals surface area contributed by atoms with Crippen molar-refractivity contribution in [2.75, 3.05) is 43.0 Å². The standard InChI is InChI=1S/C21H27N5O2/c1-15-5-7-17(8-6-15)24-19-14-20(23-16(2)22-19)25-9-11-26(12-10-25)21(27)18-4-3-13-28-18/h5-8,14,18H,3-4,9-13H2,1-2H3,(H,22,23,24)/t18-/m0/s1. The number of hydrogen-bond donors (Lipinski definition) is 1. The molecule has 0 aliphatic carbocycles. The summed E-state index contributed by atoms with van der Waals surface area (Å²) in [5.41, 5.74) is 2.22. The van der Waals surface area contributed by atoms with Gasteiger partial charge < -0.3 is 19.9 Å². The number of carbonyl (C=O) groups excluding carboxylic acids is 1. The minimum absolute atomic E-state index is 0.137. The lowest BCUT2D eigenvalue weighted by Crippen LogP contribution is -2.51. The monoisotopic (exact) mass is 381 g/mol. The van der Waals surface area contributed by atoms with E-state index in [-0.39, 0.29) is 12.0 Å². The first-order chi connectivity index (χ1) is 13.6. The van der Waals surface area contributed by atoms with Gasteiger partial charge in [0.1, 0.15) is 23.6 Å². The lowest BCUT2D eigenvalue weighted by Gasteiger charge is -2.36. The van der Waals surface area contributed by atoms with Crippen LogP contribution in [-0.2, 0) is 9.53 Å². The first-order valence-electron chi connectivity index (χ1n) is 9.93. The van der Waals surface area contributed by atoms with E-state index in [0.29, 0.717) is 19.7 Å². The van der Waals surface area contributed by atoms with Crippen LogP contribution in [0.25, 0.3) is 0 Å². The van der Waals surface area contributed by atoms with Crippen LogP contribution < -0.4 is 10.2 Å². The van der Waals surface area contributed by atoms with Crippen molar-refractivity contribution in [3.05, 3.63) is 41.7 Å². The molecule has 1 atom stereocenters. The zero-order chi connectivity index (χ0) is 19.5. The Balaban J connectivity index is 1.41. The number of rotatable bonds is 4. The van der Waals surface area contributed by atoms with E-state index in [1.54, 1.807) is 0 Å². The average Bonchev–Trinajstić information content (AvgIpc) is 3.24. The Morgan fingerprint density at radius 2 is 1.86 bits per heavy atom. The van der Waals surface area contributed by atoms with Crippen molar-refractivity contribution >= 4 is 23.2 Å². The predicted octanol–water partition coefficient (Wildman–Crippen LogP) is 2.66. The summed E-state index contributed by atoms with van der Waals surface area (Å²) in [6, 6.07) is 10.2. The van der Waals surface area contributed by atoms with Crippen LogP contribution >= 0.6 is 0 Å². The highest BCUT2D eigenvalue weighted by molar-refractivity contribution is 5.81. The van der Waals surface area contributed by atoms with Gasteiger partial charge in [-0.25, -0.2) is 9.97 Å². The molecule has 148 valence electrons. The molecule has 0 unspecified atom stereocenters. The van der Waals surface area contributed by atoms with Crippen molar-refractivity contribution in [2.45, 2.75) is 32.8 Å². The van der Waals surface area contributed by atoms with E-state index in [2.05, 4.69) is 39.2 Å². The summed E-state index contributed by atoms with van der Waals surface area (Å²) in [7, 11) is 0. The molecule has 1 N–H and O–H groups in total. The van der Waals surface area contributed by atoms with Crippen molar-refractivity contribution in [3.63, 3.8) is 0 Å². The van der Waals surface area contributed by atoms with E-state index in [0.717, 1.165) is 49.1 Å². The number of aromatic nitrogens is 2. The van der Waals surface area contributed by atoms with Gasteiger partial charge in [-0.1, -0.05) is 17.7 Å². The SMILES string of the molecule is Cc1ccc(Nc2cc(N3CCN(C(=O)[C@@H]4CCCO4)CC3)nc(C)n2)cc1. The minimum atomic E-state index is -0.238. The molecule has 0 radical (unpaired) electrons. The molecular formula is C21H27N5O2. The molecule has 7 heteroatoms. The van der Waals surface area contributed by atoms with E-state index >= 15 is 0 Å². The molecule has 28 heavy (non-hydrogen) atoms. The third kappa shape index (κ3) is 4.25. The molecule has 3 heterocycles. The number of benzene rings is 1. The molecule has 7 nitrogen and oxygen atoms in total. The van der Waals surface area contributed by atoms with E-state index in [9.17, 15) is 4.79 Å². The Labute approximate surface area is 165 Å². The number of aryl methyl sites for hydroxylation is 2. The first kappa shape index (κ1) is 18.7. The van der Waals surface area contributed by atoms with Crippen LogP contribution in [0.1, 0.15) is 24.2 Å². The molecule has 0 saturated carbocycles. The summed E-state index contributed by atoms with van der Waals surface area (Å²) in [6.07, 6.45) is 1.59. The third-order valence-electron chi connectivity index (χ3n) is 5.27. The summed E-state index contributed by atoms with van der Waals surface area (Å²) < 4.78 is 5.54. The van der Waals surface area contributed by atoms with Crippen molar-refractivity contribution in [1.29, 1.82) is 0 Å². The fraction of sp³-hybridized carbons (Fsp3) is 0.476. The molecule has 2 fully saturated rings. The number of ether oxygens (including phenoxy) is 1. The smallest absolute Gasteiger partial charge is 0.251 e. The maximum absolute atomic E-state index is 12.5. The predicted molar refractivity (Wildman–Crippen MR) is 109 cm³/mol. The summed E-state index contributed by atoms with van der Waals surface area (Å²) in [5, 5.41) is 3.36. The van der Waals surface area contributed by atoms with Crippen molar-refractivity contribution in [2.24, 2.45) is 0 Å². The molecule has 2 aromatic rings. The number of carbonyl (C=O) groups is 1. The van der Waals surface area contributed by atoms with Crippen LogP contribution in [0.5, 0.6) is 0 Å². The molecule has 0 bridgehead atoms. The Morgan fingerprint density at radius 3 is 2.54 bits per heavy atom. The zero-order valence-corrected chi connectivity index (χ0v) is 16.5. The van der Waals surface area contributed by atoms with Gasteiger partial charge in [-0.05, 0) is 38.8 Å². The van der Waals surface area contributed by atoms with Gasteiger partial charge in [0.2, 0.25) is 0 Å². The Kier molecular flexibility index (Phi) is 5.43. The van der Waals surface area contributed by atoms with Gasteiger partial charge in [0.15, 0.2) is 0 Å². The molecule has 2 aliphatic rings. The number of amides is 1.